The van der Waals surface area contributed by atoms with Gasteiger partial charge < -0.3 is 10.0 Å². The summed E-state index contributed by atoms with van der Waals surface area (Å²) in [6.07, 6.45) is 0. The first-order valence-corrected chi connectivity index (χ1v) is 8.07. The molecule has 0 heterocycles. The molecule has 0 bridgehead atoms. The van der Waals surface area contributed by atoms with Crippen molar-refractivity contribution in [1.82, 2.24) is 4.90 Å². The lowest BCUT2D eigenvalue weighted by Crippen LogP contribution is -2.45. The van der Waals surface area contributed by atoms with E-state index in [1.54, 1.807) is 50.2 Å². The number of likely N-dealkylation sites (N-methyl/N-ethyl adjacent to an activating group) is 1. The zero-order valence-corrected chi connectivity index (χ0v) is 14.7. The van der Waals surface area contributed by atoms with Crippen molar-refractivity contribution < 1.29 is 19.6 Å². The summed E-state index contributed by atoms with van der Waals surface area (Å²) in [4.78, 5) is 35.4. The van der Waals surface area contributed by atoms with Crippen LogP contribution < -0.4 is 0 Å². The van der Waals surface area contributed by atoms with E-state index in [0.717, 1.165) is 11.1 Å². The Kier molecular flexibility index (Phi) is 5.71. The summed E-state index contributed by atoms with van der Waals surface area (Å²) in [7, 11) is 1.48. The van der Waals surface area contributed by atoms with Crippen LogP contribution in [0.3, 0.4) is 0 Å². The summed E-state index contributed by atoms with van der Waals surface area (Å²) in [6.45, 7) is 3.50. The number of nitro benzene ring substituents is 1. The van der Waals surface area contributed by atoms with Gasteiger partial charge in [0.05, 0.1) is 4.92 Å². The minimum Gasteiger partial charge on any atom is -0.480 e. The Balaban J connectivity index is 2.21. The number of rotatable bonds is 6. The molecule has 0 aliphatic carbocycles. The predicted octanol–water partition coefficient (Wildman–Crippen LogP) is 3.44. The van der Waals surface area contributed by atoms with Crippen LogP contribution in [0.5, 0.6) is 0 Å². The Morgan fingerprint density at radius 2 is 1.46 bits per heavy atom. The Morgan fingerprint density at radius 3 is 1.85 bits per heavy atom. The molecule has 0 unspecified atom stereocenters. The van der Waals surface area contributed by atoms with Gasteiger partial charge in [-0.3, -0.25) is 14.9 Å². The first-order valence-electron chi connectivity index (χ1n) is 8.07. The van der Waals surface area contributed by atoms with Gasteiger partial charge in [0.2, 0.25) is 0 Å². The molecule has 2 rings (SSSR count). The number of nitro groups is 1. The zero-order chi connectivity index (χ0) is 19.4. The molecule has 2 aromatic carbocycles. The van der Waals surface area contributed by atoms with Crippen molar-refractivity contribution in [1.29, 1.82) is 0 Å². The maximum absolute atomic E-state index is 12.6. The van der Waals surface area contributed by atoms with Gasteiger partial charge in [0.25, 0.3) is 11.6 Å². The molecule has 0 fully saturated rings. The average molecular weight is 356 g/mol. The summed E-state index contributed by atoms with van der Waals surface area (Å²) < 4.78 is 0. The molecule has 0 aliphatic rings. The van der Waals surface area contributed by atoms with Gasteiger partial charge in [0.15, 0.2) is 0 Å². The maximum Gasteiger partial charge on any atom is 0.326 e. The fourth-order valence-corrected chi connectivity index (χ4v) is 2.81. The van der Waals surface area contributed by atoms with Crippen molar-refractivity contribution in [3.8, 4) is 11.1 Å². The minimum atomic E-state index is -1.04. The van der Waals surface area contributed by atoms with Crippen molar-refractivity contribution >= 4 is 17.6 Å². The second-order valence-corrected chi connectivity index (χ2v) is 6.32. The van der Waals surface area contributed by atoms with E-state index in [9.17, 15) is 24.8 Å². The van der Waals surface area contributed by atoms with Gasteiger partial charge >= 0.3 is 5.97 Å². The summed E-state index contributed by atoms with van der Waals surface area (Å²) in [5, 5.41) is 20.0. The molecule has 26 heavy (non-hydrogen) atoms. The summed E-state index contributed by atoms with van der Waals surface area (Å²) in [5.74, 6) is -1.64. The highest BCUT2D eigenvalue weighted by atomic mass is 16.6. The molecule has 0 radical (unpaired) electrons. The maximum atomic E-state index is 12.6. The molecule has 7 nitrogen and oxygen atoms in total. The predicted molar refractivity (Wildman–Crippen MR) is 96.9 cm³/mol. The van der Waals surface area contributed by atoms with Crippen molar-refractivity contribution in [2.24, 2.45) is 5.92 Å². The SMILES string of the molecule is CC(C)[C@@H](C(=O)O)N(C)C(=O)c1ccc(-c2ccc([N+](=O)[O-])cc2)cc1. The largest absolute Gasteiger partial charge is 0.480 e. The monoisotopic (exact) mass is 356 g/mol. The summed E-state index contributed by atoms with van der Waals surface area (Å²) in [6, 6.07) is 11.9. The highest BCUT2D eigenvalue weighted by molar-refractivity contribution is 5.96. The molecule has 1 atom stereocenters. The third-order valence-corrected chi connectivity index (χ3v) is 4.17. The molecule has 0 spiro atoms. The van der Waals surface area contributed by atoms with E-state index >= 15 is 0 Å². The molecule has 136 valence electrons. The van der Waals surface area contributed by atoms with Gasteiger partial charge in [-0.15, -0.1) is 0 Å². The highest BCUT2D eigenvalue weighted by Crippen LogP contribution is 2.23. The number of carbonyl (C=O) groups is 2. The standard InChI is InChI=1S/C19H20N2O5/c1-12(2)17(19(23)24)20(3)18(22)15-6-4-13(5-7-15)14-8-10-16(11-9-14)21(25)26/h4-12,17H,1-3H3,(H,23,24)/t17-/m0/s1. The molecule has 7 heteroatoms. The van der Waals surface area contributed by atoms with Crippen LogP contribution >= 0.6 is 0 Å². The van der Waals surface area contributed by atoms with Crippen LogP contribution in [0.25, 0.3) is 11.1 Å². The number of carboxylic acids is 1. The lowest BCUT2D eigenvalue weighted by atomic mass is 10.0. The van der Waals surface area contributed by atoms with E-state index in [1.165, 1.54) is 24.1 Å². The van der Waals surface area contributed by atoms with Gasteiger partial charge in [0, 0.05) is 24.7 Å². The fraction of sp³-hybridized carbons (Fsp3) is 0.263. The van der Waals surface area contributed by atoms with Gasteiger partial charge in [-0.2, -0.15) is 0 Å². The van der Waals surface area contributed by atoms with Crippen LogP contribution in [0, 0.1) is 16.0 Å². The number of nitrogens with zero attached hydrogens (tertiary/aromatic N) is 2. The molecular formula is C19H20N2O5. The van der Waals surface area contributed by atoms with Crippen LogP contribution in [0.2, 0.25) is 0 Å². The van der Waals surface area contributed by atoms with E-state index < -0.39 is 16.9 Å². The molecule has 1 amide bonds. The highest BCUT2D eigenvalue weighted by Gasteiger charge is 2.29. The molecule has 0 saturated heterocycles. The summed E-state index contributed by atoms with van der Waals surface area (Å²) in [5.41, 5.74) is 1.98. The number of carbonyl (C=O) groups excluding carboxylic acids is 1. The van der Waals surface area contributed by atoms with Crippen LogP contribution in [0.1, 0.15) is 24.2 Å². The van der Waals surface area contributed by atoms with Crippen LogP contribution in [-0.2, 0) is 4.79 Å². The van der Waals surface area contributed by atoms with Crippen molar-refractivity contribution in [3.63, 3.8) is 0 Å². The number of hydrogen-bond acceptors (Lipinski definition) is 4. The number of amides is 1. The third-order valence-electron chi connectivity index (χ3n) is 4.17. The second kappa shape index (κ2) is 7.77. The molecular weight excluding hydrogens is 336 g/mol. The first-order chi connectivity index (χ1) is 12.2. The van der Waals surface area contributed by atoms with E-state index in [0.29, 0.717) is 5.56 Å². The van der Waals surface area contributed by atoms with E-state index in [-0.39, 0.29) is 17.5 Å². The van der Waals surface area contributed by atoms with Gasteiger partial charge in [0.1, 0.15) is 6.04 Å². The van der Waals surface area contributed by atoms with Gasteiger partial charge in [-0.25, -0.2) is 4.79 Å². The number of aliphatic carboxylic acids is 1. The fourth-order valence-electron chi connectivity index (χ4n) is 2.81. The lowest BCUT2D eigenvalue weighted by molar-refractivity contribution is -0.384. The normalized spacial score (nSPS) is 11.8. The second-order valence-electron chi connectivity index (χ2n) is 6.32. The zero-order valence-electron chi connectivity index (χ0n) is 14.7. The van der Waals surface area contributed by atoms with Crippen LogP contribution in [0.4, 0.5) is 5.69 Å². The van der Waals surface area contributed by atoms with E-state index in [4.69, 9.17) is 0 Å². The van der Waals surface area contributed by atoms with Crippen molar-refractivity contribution in [2.75, 3.05) is 7.05 Å². The number of non-ortho nitro benzene ring substituents is 1. The molecule has 2 aromatic rings. The first kappa shape index (κ1) is 19.1. The van der Waals surface area contributed by atoms with Crippen LogP contribution in [-0.4, -0.2) is 39.9 Å². The Hall–Kier alpha value is -3.22. The number of benzene rings is 2. The third kappa shape index (κ3) is 4.05. The van der Waals surface area contributed by atoms with Crippen LogP contribution in [0.15, 0.2) is 48.5 Å². The molecule has 0 aliphatic heterocycles. The quantitative estimate of drug-likeness (QED) is 0.631. The Labute approximate surface area is 151 Å². The Bertz CT molecular complexity index is 813. The van der Waals surface area contributed by atoms with Crippen molar-refractivity contribution in [3.05, 3.63) is 64.2 Å². The van der Waals surface area contributed by atoms with E-state index in [2.05, 4.69) is 0 Å². The summed E-state index contributed by atoms with van der Waals surface area (Å²) >= 11 is 0. The number of carboxylic acid groups (broad SMARTS) is 1. The number of hydrogen-bond donors (Lipinski definition) is 1. The lowest BCUT2D eigenvalue weighted by Gasteiger charge is -2.27. The van der Waals surface area contributed by atoms with Crippen molar-refractivity contribution in [2.45, 2.75) is 19.9 Å². The molecule has 0 aromatic heterocycles. The van der Waals surface area contributed by atoms with Gasteiger partial charge in [-0.1, -0.05) is 26.0 Å². The minimum absolute atomic E-state index is 0.00979. The molecule has 1 N–H and O–H groups in total. The molecule has 0 saturated carbocycles. The Morgan fingerprint density at radius 1 is 1.00 bits per heavy atom. The average Bonchev–Trinajstić information content (AvgIpc) is 2.60. The topological polar surface area (TPSA) is 101 Å². The smallest absolute Gasteiger partial charge is 0.326 e. The van der Waals surface area contributed by atoms with E-state index in [1.807, 2.05) is 0 Å². The van der Waals surface area contributed by atoms with Gasteiger partial charge in [-0.05, 0) is 41.3 Å².